The molecular formula is C30H36N4O2. The molecule has 188 valence electrons. The third kappa shape index (κ3) is 2.18. The Kier molecular flexibility index (Phi) is 3.97. The molecule has 6 heteroatoms. The highest BCUT2D eigenvalue weighted by Gasteiger charge is 2.77. The van der Waals surface area contributed by atoms with Crippen molar-refractivity contribution in [2.45, 2.75) is 87.4 Å². The molecule has 2 aromatic rings. The van der Waals surface area contributed by atoms with Crippen LogP contribution < -0.4 is 10.2 Å². The first-order valence-corrected chi connectivity index (χ1v) is 13.8. The molecule has 36 heavy (non-hydrogen) atoms. The molecule has 3 saturated heterocycles. The second kappa shape index (κ2) is 6.65. The molecule has 1 N–H and O–H groups in total. The van der Waals surface area contributed by atoms with E-state index in [0.717, 1.165) is 32.4 Å². The van der Waals surface area contributed by atoms with E-state index < -0.39 is 0 Å². The summed E-state index contributed by atoms with van der Waals surface area (Å²) < 4.78 is 6.42. The summed E-state index contributed by atoms with van der Waals surface area (Å²) in [7, 11) is 2.27. The minimum atomic E-state index is -0.162. The molecule has 3 fully saturated rings. The van der Waals surface area contributed by atoms with Crippen LogP contribution in [0.3, 0.4) is 0 Å². The maximum absolute atomic E-state index is 13.8. The molecule has 2 bridgehead atoms. The molecule has 6 aliphatic rings. The zero-order valence-electron chi connectivity index (χ0n) is 21.8. The molecule has 6 aliphatic heterocycles. The van der Waals surface area contributed by atoms with Gasteiger partial charge in [-0.05, 0) is 61.9 Å². The number of likely N-dealkylation sites (tertiary alicyclic amines) is 1. The Balaban J connectivity index is 1.47. The summed E-state index contributed by atoms with van der Waals surface area (Å²) in [5.41, 5.74) is 6.51. The van der Waals surface area contributed by atoms with Crippen LogP contribution in [0.5, 0.6) is 0 Å². The number of hydrogen-bond donors (Lipinski definition) is 1. The van der Waals surface area contributed by atoms with Crippen molar-refractivity contribution in [1.29, 1.82) is 0 Å². The van der Waals surface area contributed by atoms with Crippen molar-refractivity contribution < 1.29 is 9.53 Å². The molecule has 8 rings (SSSR count). The Hall–Kier alpha value is -2.57. The molecule has 2 unspecified atom stereocenters. The van der Waals surface area contributed by atoms with Gasteiger partial charge in [-0.3, -0.25) is 9.69 Å². The molecule has 0 aliphatic carbocycles. The fourth-order valence-corrected chi connectivity index (χ4v) is 9.34. The van der Waals surface area contributed by atoms with E-state index in [4.69, 9.17) is 4.74 Å². The molecule has 0 radical (unpaired) electrons. The van der Waals surface area contributed by atoms with Crippen LogP contribution >= 0.6 is 0 Å². The van der Waals surface area contributed by atoms with Crippen molar-refractivity contribution in [2.24, 2.45) is 0 Å². The third-order valence-electron chi connectivity index (χ3n) is 10.6. The Morgan fingerprint density at radius 1 is 1.08 bits per heavy atom. The number of likely N-dealkylation sites (N-methyl/N-ethyl adjacent to an activating group) is 1. The van der Waals surface area contributed by atoms with E-state index in [1.54, 1.807) is 0 Å². The van der Waals surface area contributed by atoms with Crippen LogP contribution in [0.25, 0.3) is 0 Å². The number of piperidine rings is 1. The van der Waals surface area contributed by atoms with Crippen molar-refractivity contribution in [1.82, 2.24) is 9.80 Å². The molecule has 7 atom stereocenters. The first-order chi connectivity index (χ1) is 17.4. The SMILES string of the molecule is CCCC(=O)N1CC[C@@]23c4ccccc4NC4N(C)c5cccc6c5[C@]42CCN([C@H]6[C@@H]2OC2(C)C)[C@@H]13. The summed E-state index contributed by atoms with van der Waals surface area (Å²) in [5, 5.41) is 4.02. The summed E-state index contributed by atoms with van der Waals surface area (Å²) in [5.74, 6) is 0.307. The lowest BCUT2D eigenvalue weighted by Crippen LogP contribution is -2.73. The largest absolute Gasteiger partial charge is 0.365 e. The number of carbonyl (C=O) groups is 1. The first kappa shape index (κ1) is 21.5. The third-order valence-corrected chi connectivity index (χ3v) is 10.6. The van der Waals surface area contributed by atoms with Crippen LogP contribution in [0.4, 0.5) is 11.4 Å². The number of para-hydroxylation sites is 1. The van der Waals surface area contributed by atoms with E-state index in [9.17, 15) is 4.79 Å². The van der Waals surface area contributed by atoms with Gasteiger partial charge in [-0.25, -0.2) is 0 Å². The number of nitrogens with one attached hydrogen (secondary N) is 1. The van der Waals surface area contributed by atoms with Gasteiger partial charge in [-0.1, -0.05) is 37.3 Å². The summed E-state index contributed by atoms with van der Waals surface area (Å²) in [4.78, 5) is 21.2. The van der Waals surface area contributed by atoms with Gasteiger partial charge in [0.05, 0.1) is 23.2 Å². The normalized spacial score (nSPS) is 39.7. The number of anilines is 2. The zero-order valence-corrected chi connectivity index (χ0v) is 21.8. The van der Waals surface area contributed by atoms with E-state index in [1.165, 1.54) is 28.1 Å². The van der Waals surface area contributed by atoms with Gasteiger partial charge in [0.25, 0.3) is 0 Å². The Labute approximate surface area is 213 Å². The quantitative estimate of drug-likeness (QED) is 0.656. The number of amides is 1. The van der Waals surface area contributed by atoms with E-state index in [-0.39, 0.29) is 40.9 Å². The van der Waals surface area contributed by atoms with Gasteiger partial charge < -0.3 is 19.9 Å². The predicted molar refractivity (Wildman–Crippen MR) is 140 cm³/mol. The van der Waals surface area contributed by atoms with Crippen LogP contribution in [0.15, 0.2) is 42.5 Å². The minimum absolute atomic E-state index is 0.0350. The number of nitrogens with zero attached hydrogens (tertiary/aromatic N) is 3. The van der Waals surface area contributed by atoms with E-state index in [0.29, 0.717) is 12.3 Å². The average Bonchev–Trinajstić information content (AvgIpc) is 3.26. The Morgan fingerprint density at radius 2 is 1.86 bits per heavy atom. The van der Waals surface area contributed by atoms with Crippen molar-refractivity contribution in [3.05, 3.63) is 59.2 Å². The summed E-state index contributed by atoms with van der Waals surface area (Å²) >= 11 is 0. The van der Waals surface area contributed by atoms with Crippen LogP contribution in [-0.4, -0.2) is 59.9 Å². The van der Waals surface area contributed by atoms with Crippen LogP contribution in [0.2, 0.25) is 0 Å². The fourth-order valence-electron chi connectivity index (χ4n) is 9.34. The monoisotopic (exact) mass is 484 g/mol. The zero-order chi connectivity index (χ0) is 24.6. The second-order valence-corrected chi connectivity index (χ2v) is 12.4. The predicted octanol–water partition coefficient (Wildman–Crippen LogP) is 4.36. The highest BCUT2D eigenvalue weighted by molar-refractivity contribution is 5.81. The van der Waals surface area contributed by atoms with Crippen LogP contribution in [0, 0.1) is 0 Å². The maximum atomic E-state index is 13.8. The van der Waals surface area contributed by atoms with Crippen molar-refractivity contribution in [2.75, 3.05) is 30.4 Å². The first-order valence-electron chi connectivity index (χ1n) is 13.8. The minimum Gasteiger partial charge on any atom is -0.365 e. The van der Waals surface area contributed by atoms with Gasteiger partial charge in [0.2, 0.25) is 5.91 Å². The molecule has 2 spiro atoms. The number of ether oxygens (including phenoxy) is 1. The second-order valence-electron chi connectivity index (χ2n) is 12.4. The molecule has 6 nitrogen and oxygen atoms in total. The molecule has 0 saturated carbocycles. The number of benzene rings is 2. The number of fused-ring (bicyclic) bond motifs is 1. The van der Waals surface area contributed by atoms with E-state index >= 15 is 0 Å². The fraction of sp³-hybridized carbons (Fsp3) is 0.567. The molecule has 2 aromatic carbocycles. The lowest BCUT2D eigenvalue weighted by atomic mass is 9.50. The molecular weight excluding hydrogens is 448 g/mol. The number of rotatable bonds is 3. The Morgan fingerprint density at radius 3 is 2.64 bits per heavy atom. The summed E-state index contributed by atoms with van der Waals surface area (Å²) in [6.07, 6.45) is 3.92. The average molecular weight is 485 g/mol. The topological polar surface area (TPSA) is 51.4 Å². The number of hydrogen-bond acceptors (Lipinski definition) is 5. The highest BCUT2D eigenvalue weighted by Crippen LogP contribution is 2.72. The van der Waals surface area contributed by atoms with Gasteiger partial charge >= 0.3 is 0 Å². The number of epoxide rings is 1. The molecule has 1 amide bonds. The maximum Gasteiger partial charge on any atom is 0.223 e. The van der Waals surface area contributed by atoms with Gasteiger partial charge in [-0.2, -0.15) is 0 Å². The van der Waals surface area contributed by atoms with Gasteiger partial charge in [0.15, 0.2) is 0 Å². The standard InChI is InChI=1S/C30H36N4O2/c1-5-9-22(35)33-16-14-29-19-11-6-7-12-20(19)31-26-30(29)15-17-34(27(29)33)24(25-28(2,3)36-25)18-10-8-13-21(23(18)30)32(26)4/h6-8,10-13,24-27,31H,5,9,14-17H2,1-4H3/t24-,25+,26?,27-,29+,30-/m1/s1. The van der Waals surface area contributed by atoms with E-state index in [2.05, 4.69) is 90.3 Å². The van der Waals surface area contributed by atoms with Gasteiger partial charge in [0, 0.05) is 43.3 Å². The Bertz CT molecular complexity index is 1310. The van der Waals surface area contributed by atoms with Crippen molar-refractivity contribution in [3.8, 4) is 0 Å². The summed E-state index contributed by atoms with van der Waals surface area (Å²) in [6, 6.07) is 16.0. The lowest BCUT2D eigenvalue weighted by molar-refractivity contribution is -0.142. The molecule has 6 heterocycles. The van der Waals surface area contributed by atoms with Crippen LogP contribution in [-0.2, 0) is 20.4 Å². The number of carbonyl (C=O) groups excluding carboxylic acids is 1. The summed E-state index contributed by atoms with van der Waals surface area (Å²) in [6.45, 7) is 8.37. The van der Waals surface area contributed by atoms with E-state index in [1.807, 2.05) is 0 Å². The van der Waals surface area contributed by atoms with Gasteiger partial charge in [0.1, 0.15) is 12.3 Å². The lowest BCUT2D eigenvalue weighted by Gasteiger charge is -2.62. The van der Waals surface area contributed by atoms with Crippen molar-refractivity contribution in [3.63, 3.8) is 0 Å². The van der Waals surface area contributed by atoms with Crippen molar-refractivity contribution >= 4 is 17.3 Å². The smallest absolute Gasteiger partial charge is 0.223 e. The molecule has 0 aromatic heterocycles. The van der Waals surface area contributed by atoms with Crippen LogP contribution in [0.1, 0.15) is 69.2 Å². The highest BCUT2D eigenvalue weighted by atomic mass is 16.6. The van der Waals surface area contributed by atoms with Gasteiger partial charge in [-0.15, -0.1) is 0 Å².